The van der Waals surface area contributed by atoms with Gasteiger partial charge in [-0.1, -0.05) is 49.6 Å². The maximum Gasteiger partial charge on any atom is 0.277 e. The highest BCUT2D eigenvalue weighted by Gasteiger charge is 2.41. The number of imide groups is 1. The Balaban J connectivity index is 1.96. The minimum Gasteiger partial charge on any atom is -0.366 e. The highest BCUT2D eigenvalue weighted by atomic mass is 16.2. The maximum atomic E-state index is 13.1. The molecule has 0 radical (unpaired) electrons. The van der Waals surface area contributed by atoms with Gasteiger partial charge in [-0.15, -0.1) is 0 Å². The number of carbonyl (C=O) groups excluding carboxylic acids is 2. The average molecular weight is 340 g/mol. The van der Waals surface area contributed by atoms with Gasteiger partial charge in [0.15, 0.2) is 0 Å². The van der Waals surface area contributed by atoms with Crippen molar-refractivity contribution in [2.75, 3.05) is 19.6 Å². The van der Waals surface area contributed by atoms with Gasteiger partial charge < -0.3 is 4.90 Å². The first-order chi connectivity index (χ1) is 12.1. The number of hydrogen-bond acceptors (Lipinski definition) is 3. The van der Waals surface area contributed by atoms with E-state index >= 15 is 0 Å². The van der Waals surface area contributed by atoms with Crippen LogP contribution in [0.3, 0.4) is 0 Å². The third kappa shape index (κ3) is 3.63. The van der Waals surface area contributed by atoms with Crippen LogP contribution in [0.4, 0.5) is 0 Å². The minimum atomic E-state index is -0.120. The molecule has 0 N–H and O–H groups in total. The summed E-state index contributed by atoms with van der Waals surface area (Å²) in [5.74, 6) is -0.218. The maximum absolute atomic E-state index is 13.1. The van der Waals surface area contributed by atoms with Crippen LogP contribution in [-0.2, 0) is 9.59 Å². The van der Waals surface area contributed by atoms with Gasteiger partial charge in [0.1, 0.15) is 5.70 Å². The number of aryl methyl sites for hydroxylation is 1. The van der Waals surface area contributed by atoms with Crippen LogP contribution in [0.2, 0.25) is 0 Å². The van der Waals surface area contributed by atoms with Gasteiger partial charge in [0.2, 0.25) is 0 Å². The summed E-state index contributed by atoms with van der Waals surface area (Å²) in [7, 11) is 0. The molecular weight excluding hydrogens is 312 g/mol. The van der Waals surface area contributed by atoms with Crippen LogP contribution in [0, 0.1) is 6.92 Å². The van der Waals surface area contributed by atoms with Crippen molar-refractivity contribution < 1.29 is 9.59 Å². The summed E-state index contributed by atoms with van der Waals surface area (Å²) < 4.78 is 0. The number of hydrogen-bond donors (Lipinski definition) is 0. The van der Waals surface area contributed by atoms with Crippen molar-refractivity contribution in [3.05, 3.63) is 41.1 Å². The summed E-state index contributed by atoms with van der Waals surface area (Å²) in [4.78, 5) is 29.7. The average Bonchev–Trinajstić information content (AvgIpc) is 2.88. The van der Waals surface area contributed by atoms with E-state index < -0.39 is 0 Å². The highest BCUT2D eigenvalue weighted by molar-refractivity contribution is 6.35. The minimum absolute atomic E-state index is 0.0985. The molecule has 2 aliphatic rings. The predicted molar refractivity (Wildman–Crippen MR) is 99.8 cm³/mol. The van der Waals surface area contributed by atoms with Crippen LogP contribution >= 0.6 is 0 Å². The van der Waals surface area contributed by atoms with Crippen LogP contribution < -0.4 is 0 Å². The number of likely N-dealkylation sites (tertiary alicyclic amines) is 1. The molecule has 1 fully saturated rings. The van der Waals surface area contributed by atoms with Crippen molar-refractivity contribution in [1.82, 2.24) is 9.80 Å². The van der Waals surface area contributed by atoms with E-state index in [-0.39, 0.29) is 11.8 Å². The quantitative estimate of drug-likeness (QED) is 0.585. The summed E-state index contributed by atoms with van der Waals surface area (Å²) in [6, 6.07) is 7.95. The van der Waals surface area contributed by atoms with Crippen LogP contribution in [0.25, 0.3) is 5.57 Å². The normalized spacial score (nSPS) is 18.5. The van der Waals surface area contributed by atoms with E-state index in [2.05, 4.69) is 11.8 Å². The second-order valence-corrected chi connectivity index (χ2v) is 7.11. The van der Waals surface area contributed by atoms with Gasteiger partial charge in [0.05, 0.1) is 5.57 Å². The number of benzene rings is 1. The fourth-order valence-corrected chi connectivity index (χ4v) is 3.68. The number of carbonyl (C=O) groups is 2. The summed E-state index contributed by atoms with van der Waals surface area (Å²) in [6.45, 7) is 6.42. The van der Waals surface area contributed by atoms with Gasteiger partial charge in [-0.05, 0) is 38.2 Å². The molecule has 2 aliphatic heterocycles. The van der Waals surface area contributed by atoms with Crippen molar-refractivity contribution in [2.24, 2.45) is 0 Å². The smallest absolute Gasteiger partial charge is 0.277 e. The fourth-order valence-electron chi connectivity index (χ4n) is 3.68. The third-order valence-electron chi connectivity index (χ3n) is 5.14. The van der Waals surface area contributed by atoms with Crippen LogP contribution in [-0.4, -0.2) is 41.2 Å². The summed E-state index contributed by atoms with van der Waals surface area (Å²) in [5, 5.41) is 0. The second-order valence-electron chi connectivity index (χ2n) is 7.11. The second kappa shape index (κ2) is 7.85. The summed E-state index contributed by atoms with van der Waals surface area (Å²) in [5.41, 5.74) is 3.25. The van der Waals surface area contributed by atoms with Crippen molar-refractivity contribution in [3.8, 4) is 0 Å². The zero-order valence-corrected chi connectivity index (χ0v) is 15.4. The number of nitrogens with zero attached hydrogens (tertiary/aromatic N) is 2. The van der Waals surface area contributed by atoms with Crippen molar-refractivity contribution >= 4 is 17.4 Å². The zero-order valence-electron chi connectivity index (χ0n) is 15.4. The molecule has 1 aromatic rings. The Bertz CT molecular complexity index is 670. The van der Waals surface area contributed by atoms with E-state index in [0.717, 1.165) is 56.3 Å². The van der Waals surface area contributed by atoms with Crippen LogP contribution in [0.5, 0.6) is 0 Å². The SMILES string of the molecule is CCCCCN1C(=O)C(c2ccc(C)cc2)=C(N2CCCCC2)C1=O. The first-order valence-electron chi connectivity index (χ1n) is 9.56. The monoisotopic (exact) mass is 340 g/mol. The lowest BCUT2D eigenvalue weighted by Gasteiger charge is -2.29. The predicted octanol–water partition coefficient (Wildman–Crippen LogP) is 3.75. The van der Waals surface area contributed by atoms with E-state index in [0.29, 0.717) is 17.8 Å². The van der Waals surface area contributed by atoms with Gasteiger partial charge in [-0.25, -0.2) is 0 Å². The lowest BCUT2D eigenvalue weighted by molar-refractivity contribution is -0.137. The Hall–Kier alpha value is -2.10. The molecule has 4 heteroatoms. The topological polar surface area (TPSA) is 40.6 Å². The Morgan fingerprint density at radius 2 is 1.60 bits per heavy atom. The Kier molecular flexibility index (Phi) is 5.57. The highest BCUT2D eigenvalue weighted by Crippen LogP contribution is 2.33. The molecule has 0 spiro atoms. The largest absolute Gasteiger partial charge is 0.366 e. The summed E-state index contributed by atoms with van der Waals surface area (Å²) in [6.07, 6.45) is 6.36. The number of amides is 2. The van der Waals surface area contributed by atoms with Gasteiger partial charge in [0, 0.05) is 19.6 Å². The fraction of sp³-hybridized carbons (Fsp3) is 0.524. The Morgan fingerprint density at radius 1 is 0.920 bits per heavy atom. The molecule has 0 atom stereocenters. The molecule has 0 saturated carbocycles. The third-order valence-corrected chi connectivity index (χ3v) is 5.14. The number of unbranched alkanes of at least 4 members (excludes halogenated alkanes) is 2. The molecule has 0 bridgehead atoms. The molecule has 2 heterocycles. The van der Waals surface area contributed by atoms with Crippen LogP contribution in [0.1, 0.15) is 56.6 Å². The number of rotatable bonds is 6. The lowest BCUT2D eigenvalue weighted by atomic mass is 10.0. The van der Waals surface area contributed by atoms with Gasteiger partial charge in [-0.3, -0.25) is 14.5 Å². The molecule has 1 saturated heterocycles. The van der Waals surface area contributed by atoms with E-state index in [4.69, 9.17) is 0 Å². The molecule has 0 aliphatic carbocycles. The molecule has 2 amide bonds. The van der Waals surface area contributed by atoms with E-state index in [1.807, 2.05) is 31.2 Å². The van der Waals surface area contributed by atoms with Crippen molar-refractivity contribution in [3.63, 3.8) is 0 Å². The van der Waals surface area contributed by atoms with E-state index in [9.17, 15) is 9.59 Å². The standard InChI is InChI=1S/C21H28N2O2/c1-3-4-6-15-23-20(24)18(17-11-9-16(2)10-12-17)19(21(23)25)22-13-7-5-8-14-22/h9-12H,3-8,13-15H2,1-2H3. The van der Waals surface area contributed by atoms with E-state index in [1.165, 1.54) is 11.3 Å². The lowest BCUT2D eigenvalue weighted by Crippen LogP contribution is -2.37. The van der Waals surface area contributed by atoms with Gasteiger partial charge >= 0.3 is 0 Å². The van der Waals surface area contributed by atoms with Crippen molar-refractivity contribution in [1.29, 1.82) is 0 Å². The Labute approximate surface area is 150 Å². The summed E-state index contributed by atoms with van der Waals surface area (Å²) >= 11 is 0. The zero-order chi connectivity index (χ0) is 17.8. The first kappa shape index (κ1) is 17.7. The molecule has 3 rings (SSSR count). The first-order valence-corrected chi connectivity index (χ1v) is 9.56. The number of piperidine rings is 1. The molecule has 25 heavy (non-hydrogen) atoms. The molecule has 134 valence electrons. The van der Waals surface area contributed by atoms with E-state index in [1.54, 1.807) is 0 Å². The molecular formula is C21H28N2O2. The Morgan fingerprint density at radius 3 is 2.24 bits per heavy atom. The molecule has 0 unspecified atom stereocenters. The molecule has 4 nitrogen and oxygen atoms in total. The van der Waals surface area contributed by atoms with Crippen molar-refractivity contribution in [2.45, 2.75) is 52.4 Å². The van der Waals surface area contributed by atoms with Crippen LogP contribution in [0.15, 0.2) is 30.0 Å². The van der Waals surface area contributed by atoms with Gasteiger partial charge in [-0.2, -0.15) is 0 Å². The molecule has 0 aromatic heterocycles. The van der Waals surface area contributed by atoms with Gasteiger partial charge in [0.25, 0.3) is 11.8 Å². The molecule has 1 aromatic carbocycles.